The fourth-order valence-corrected chi connectivity index (χ4v) is 1.38. The second-order valence-corrected chi connectivity index (χ2v) is 3.84. The van der Waals surface area contributed by atoms with E-state index in [-0.39, 0.29) is 0 Å². The molecular weight excluding hydrogens is 248 g/mol. The van der Waals surface area contributed by atoms with Gasteiger partial charge in [0.25, 0.3) is 5.91 Å². The fourth-order valence-electron chi connectivity index (χ4n) is 1.38. The van der Waals surface area contributed by atoms with Crippen LogP contribution in [-0.2, 0) is 9.53 Å². The number of ether oxygens (including phenoxy) is 1. The molecule has 2 rings (SSSR count). The highest BCUT2D eigenvalue weighted by molar-refractivity contribution is 5.92. The molecule has 0 saturated heterocycles. The number of primary amides is 1. The number of carbonyl (C=O) groups is 2. The zero-order chi connectivity index (χ0) is 13.8. The van der Waals surface area contributed by atoms with Gasteiger partial charge in [-0.2, -0.15) is 5.10 Å². The zero-order valence-corrected chi connectivity index (χ0v) is 10.2. The fraction of sp³-hybridized carbons (Fsp3) is 0.167. The molecule has 19 heavy (non-hydrogen) atoms. The Hall–Kier alpha value is -2.70. The number of aromatic nitrogens is 3. The predicted octanol–water partition coefficient (Wildman–Crippen LogP) is 0.298. The zero-order valence-electron chi connectivity index (χ0n) is 10.2. The summed E-state index contributed by atoms with van der Waals surface area (Å²) in [5.74, 6) is -1.29. The van der Waals surface area contributed by atoms with Gasteiger partial charge in [-0.1, -0.05) is 0 Å². The lowest BCUT2D eigenvalue weighted by Gasteiger charge is -2.09. The van der Waals surface area contributed by atoms with E-state index in [4.69, 9.17) is 10.5 Å². The van der Waals surface area contributed by atoms with Gasteiger partial charge in [0, 0.05) is 0 Å². The van der Waals surface area contributed by atoms with Gasteiger partial charge in [-0.15, -0.1) is 0 Å². The Balaban J connectivity index is 2.10. The van der Waals surface area contributed by atoms with Crippen LogP contribution < -0.4 is 5.73 Å². The summed E-state index contributed by atoms with van der Waals surface area (Å²) in [4.78, 5) is 26.3. The van der Waals surface area contributed by atoms with Crippen LogP contribution in [0.2, 0.25) is 0 Å². The number of rotatable bonds is 4. The van der Waals surface area contributed by atoms with Gasteiger partial charge in [0.05, 0.1) is 11.3 Å². The van der Waals surface area contributed by atoms with Crippen molar-refractivity contribution in [2.45, 2.75) is 13.0 Å². The molecule has 98 valence electrons. The summed E-state index contributed by atoms with van der Waals surface area (Å²) in [5.41, 5.74) is 6.11. The topological polar surface area (TPSA) is 100 Å². The Kier molecular flexibility index (Phi) is 3.56. The minimum atomic E-state index is -0.956. The maximum Gasteiger partial charge on any atom is 0.338 e. The van der Waals surface area contributed by atoms with Crippen molar-refractivity contribution in [3.05, 3.63) is 42.5 Å². The number of nitrogens with zero attached hydrogens (tertiary/aromatic N) is 3. The lowest BCUT2D eigenvalue weighted by atomic mass is 10.2. The van der Waals surface area contributed by atoms with E-state index >= 15 is 0 Å². The van der Waals surface area contributed by atoms with E-state index in [9.17, 15) is 9.59 Å². The van der Waals surface area contributed by atoms with Crippen LogP contribution in [0.1, 0.15) is 17.3 Å². The molecule has 7 heteroatoms. The smallest absolute Gasteiger partial charge is 0.338 e. The van der Waals surface area contributed by atoms with E-state index in [2.05, 4.69) is 10.1 Å². The van der Waals surface area contributed by atoms with Crippen LogP contribution in [-0.4, -0.2) is 32.7 Å². The van der Waals surface area contributed by atoms with Crippen LogP contribution in [0.5, 0.6) is 0 Å². The van der Waals surface area contributed by atoms with E-state index < -0.39 is 18.0 Å². The van der Waals surface area contributed by atoms with Crippen molar-refractivity contribution < 1.29 is 14.3 Å². The number of amides is 1. The minimum absolute atomic E-state index is 0.331. The summed E-state index contributed by atoms with van der Waals surface area (Å²) in [6.45, 7) is 1.42. The van der Waals surface area contributed by atoms with Gasteiger partial charge in [0.1, 0.15) is 12.7 Å². The molecule has 0 unspecified atom stereocenters. The first-order chi connectivity index (χ1) is 9.08. The third-order valence-electron chi connectivity index (χ3n) is 2.47. The normalized spacial score (nSPS) is 11.8. The van der Waals surface area contributed by atoms with Crippen molar-refractivity contribution >= 4 is 11.9 Å². The summed E-state index contributed by atoms with van der Waals surface area (Å²) >= 11 is 0. The first kappa shape index (κ1) is 12.7. The van der Waals surface area contributed by atoms with Gasteiger partial charge in [-0.3, -0.25) is 4.79 Å². The van der Waals surface area contributed by atoms with Gasteiger partial charge in [0.2, 0.25) is 0 Å². The summed E-state index contributed by atoms with van der Waals surface area (Å²) in [7, 11) is 0. The molecule has 0 saturated carbocycles. The van der Waals surface area contributed by atoms with Gasteiger partial charge in [-0.25, -0.2) is 14.5 Å². The van der Waals surface area contributed by atoms with Gasteiger partial charge in [-0.05, 0) is 31.2 Å². The maximum absolute atomic E-state index is 11.7. The first-order valence-electron chi connectivity index (χ1n) is 5.53. The molecule has 0 radical (unpaired) electrons. The molecular formula is C12H12N4O3. The van der Waals surface area contributed by atoms with E-state index in [0.717, 1.165) is 5.69 Å². The molecule has 1 aromatic carbocycles. The molecule has 0 spiro atoms. The monoisotopic (exact) mass is 260 g/mol. The number of carbonyl (C=O) groups excluding carboxylic acids is 2. The van der Waals surface area contributed by atoms with Gasteiger partial charge in [0.15, 0.2) is 6.10 Å². The SMILES string of the molecule is C[C@H](OC(=O)c1ccc(-n2cncn2)cc1)C(N)=O. The van der Waals surface area contributed by atoms with E-state index in [1.54, 1.807) is 35.3 Å². The highest BCUT2D eigenvalue weighted by Gasteiger charge is 2.15. The quantitative estimate of drug-likeness (QED) is 0.797. The van der Waals surface area contributed by atoms with Crippen molar-refractivity contribution in [2.75, 3.05) is 0 Å². The van der Waals surface area contributed by atoms with Crippen molar-refractivity contribution in [3.63, 3.8) is 0 Å². The summed E-state index contributed by atoms with van der Waals surface area (Å²) in [6, 6.07) is 6.54. The second-order valence-electron chi connectivity index (χ2n) is 3.84. The van der Waals surface area contributed by atoms with Crippen molar-refractivity contribution in [2.24, 2.45) is 5.73 Å². The molecule has 1 aromatic heterocycles. The molecule has 0 bridgehead atoms. The van der Waals surface area contributed by atoms with Gasteiger partial charge < -0.3 is 10.5 Å². The van der Waals surface area contributed by atoms with Crippen LogP contribution in [0, 0.1) is 0 Å². The van der Waals surface area contributed by atoms with E-state index in [0.29, 0.717) is 5.56 Å². The average Bonchev–Trinajstić information content (AvgIpc) is 2.92. The molecule has 2 N–H and O–H groups in total. The van der Waals surface area contributed by atoms with Crippen LogP contribution in [0.4, 0.5) is 0 Å². The van der Waals surface area contributed by atoms with Crippen molar-refractivity contribution in [1.29, 1.82) is 0 Å². The standard InChI is InChI=1S/C12H12N4O3/c1-8(11(13)17)19-12(18)9-2-4-10(5-3-9)16-7-14-6-15-16/h2-8H,1H3,(H2,13,17)/t8-/m0/s1. The second kappa shape index (κ2) is 5.30. The molecule has 0 aliphatic heterocycles. The van der Waals surface area contributed by atoms with Crippen LogP contribution in [0.15, 0.2) is 36.9 Å². The Morgan fingerprint density at radius 1 is 1.32 bits per heavy atom. The van der Waals surface area contributed by atoms with Crippen LogP contribution >= 0.6 is 0 Å². The molecule has 0 aliphatic carbocycles. The summed E-state index contributed by atoms with van der Waals surface area (Å²) < 4.78 is 6.44. The third kappa shape index (κ3) is 2.95. The number of hydrogen-bond donors (Lipinski definition) is 1. The number of nitrogens with two attached hydrogens (primary N) is 1. The largest absolute Gasteiger partial charge is 0.449 e. The Morgan fingerprint density at radius 2 is 2.00 bits per heavy atom. The third-order valence-corrected chi connectivity index (χ3v) is 2.47. The number of esters is 1. The average molecular weight is 260 g/mol. The first-order valence-corrected chi connectivity index (χ1v) is 5.53. The molecule has 2 aromatic rings. The van der Waals surface area contributed by atoms with Crippen molar-refractivity contribution in [3.8, 4) is 5.69 Å². The van der Waals surface area contributed by atoms with Crippen LogP contribution in [0.3, 0.4) is 0 Å². The summed E-state index contributed by atoms with van der Waals surface area (Å²) in [6.07, 6.45) is 2.00. The number of benzene rings is 1. The molecule has 7 nitrogen and oxygen atoms in total. The molecule has 0 aliphatic rings. The number of hydrogen-bond acceptors (Lipinski definition) is 5. The lowest BCUT2D eigenvalue weighted by Crippen LogP contribution is -2.30. The highest BCUT2D eigenvalue weighted by atomic mass is 16.5. The Bertz CT molecular complexity index is 578. The van der Waals surface area contributed by atoms with E-state index in [1.807, 2.05) is 0 Å². The predicted molar refractivity (Wildman–Crippen MR) is 65.4 cm³/mol. The molecule has 1 heterocycles. The maximum atomic E-state index is 11.7. The van der Waals surface area contributed by atoms with E-state index in [1.165, 1.54) is 13.3 Å². The Labute approximate surface area is 109 Å². The van der Waals surface area contributed by atoms with Gasteiger partial charge >= 0.3 is 5.97 Å². The molecule has 1 atom stereocenters. The lowest BCUT2D eigenvalue weighted by molar-refractivity contribution is -0.125. The summed E-state index contributed by atoms with van der Waals surface area (Å²) in [5, 5.41) is 3.96. The van der Waals surface area contributed by atoms with Crippen LogP contribution in [0.25, 0.3) is 5.69 Å². The highest BCUT2D eigenvalue weighted by Crippen LogP contribution is 2.10. The Morgan fingerprint density at radius 3 is 2.53 bits per heavy atom. The minimum Gasteiger partial charge on any atom is -0.449 e. The van der Waals surface area contributed by atoms with Crippen molar-refractivity contribution in [1.82, 2.24) is 14.8 Å². The molecule has 0 fully saturated rings. The molecule has 1 amide bonds.